The van der Waals surface area contributed by atoms with E-state index in [4.69, 9.17) is 0 Å². The van der Waals surface area contributed by atoms with E-state index in [9.17, 15) is 5.11 Å². The highest BCUT2D eigenvalue weighted by Gasteiger charge is 2.13. The van der Waals surface area contributed by atoms with Crippen LogP contribution in [0.15, 0.2) is 24.4 Å². The monoisotopic (exact) mass is 245 g/mol. The maximum absolute atomic E-state index is 9.89. The Bertz CT molecular complexity index is 534. The molecule has 1 aromatic carbocycles. The van der Waals surface area contributed by atoms with Gasteiger partial charge in [0.05, 0.1) is 5.69 Å². The number of phenolic OH excluding ortho intramolecular Hbond substituents is 1. The van der Waals surface area contributed by atoms with Crippen molar-refractivity contribution in [2.45, 2.75) is 39.7 Å². The highest BCUT2D eigenvalue weighted by Crippen LogP contribution is 2.28. The minimum absolute atomic E-state index is 0.229. The first-order chi connectivity index (χ1) is 8.60. The van der Waals surface area contributed by atoms with Crippen molar-refractivity contribution in [3.8, 4) is 5.75 Å². The molecule has 2 aromatic rings. The molecule has 1 N–H and O–H groups in total. The Balaban J connectivity index is 2.16. The Hall–Kier alpha value is -1.84. The lowest BCUT2D eigenvalue weighted by Gasteiger charge is -2.12. The van der Waals surface area contributed by atoms with E-state index in [2.05, 4.69) is 17.2 Å². The predicted octanol–water partition coefficient (Wildman–Crippen LogP) is 2.66. The van der Waals surface area contributed by atoms with Gasteiger partial charge in [-0.3, -0.25) is 4.68 Å². The lowest BCUT2D eigenvalue weighted by molar-refractivity contribution is 0.462. The molecular formula is C14H19N3O. The fourth-order valence-corrected chi connectivity index (χ4v) is 2.08. The van der Waals surface area contributed by atoms with Crippen molar-refractivity contribution in [1.82, 2.24) is 15.0 Å². The largest absolute Gasteiger partial charge is 0.508 e. The molecule has 0 radical (unpaired) electrons. The Labute approximate surface area is 107 Å². The molecule has 1 atom stereocenters. The Morgan fingerprint density at radius 2 is 2.17 bits per heavy atom. The summed E-state index contributed by atoms with van der Waals surface area (Å²) < 4.78 is 1.82. The van der Waals surface area contributed by atoms with E-state index in [1.165, 1.54) is 0 Å². The van der Waals surface area contributed by atoms with Gasteiger partial charge in [-0.05, 0) is 37.8 Å². The van der Waals surface area contributed by atoms with Gasteiger partial charge in [-0.15, -0.1) is 5.10 Å². The van der Waals surface area contributed by atoms with E-state index in [0.29, 0.717) is 5.75 Å². The van der Waals surface area contributed by atoms with Crippen LogP contribution in [0.2, 0.25) is 0 Å². The number of hydrogen-bond donors (Lipinski definition) is 1. The molecule has 0 aliphatic heterocycles. The molecule has 18 heavy (non-hydrogen) atoms. The quantitative estimate of drug-likeness (QED) is 0.901. The molecule has 0 spiro atoms. The fourth-order valence-electron chi connectivity index (χ4n) is 2.08. The van der Waals surface area contributed by atoms with Gasteiger partial charge in [0.1, 0.15) is 5.75 Å². The smallest absolute Gasteiger partial charge is 0.119 e. The normalized spacial score (nSPS) is 12.6. The van der Waals surface area contributed by atoms with E-state index >= 15 is 0 Å². The molecule has 1 heterocycles. The molecule has 0 saturated carbocycles. The maximum Gasteiger partial charge on any atom is 0.119 e. The minimum Gasteiger partial charge on any atom is -0.508 e. The first kappa shape index (κ1) is 12.6. The third-order valence-electron chi connectivity index (χ3n) is 3.14. The summed E-state index contributed by atoms with van der Waals surface area (Å²) in [4.78, 5) is 0. The molecule has 0 fully saturated rings. The Morgan fingerprint density at radius 1 is 1.39 bits per heavy atom. The maximum atomic E-state index is 9.89. The van der Waals surface area contributed by atoms with Gasteiger partial charge in [-0.25, -0.2) is 0 Å². The fraction of sp³-hybridized carbons (Fsp3) is 0.429. The second-order valence-electron chi connectivity index (χ2n) is 4.73. The molecule has 96 valence electrons. The van der Waals surface area contributed by atoms with Gasteiger partial charge in [0.15, 0.2) is 0 Å². The molecule has 0 amide bonds. The van der Waals surface area contributed by atoms with Gasteiger partial charge in [0.25, 0.3) is 0 Å². The lowest BCUT2D eigenvalue weighted by atomic mass is 9.94. The number of aromatic nitrogens is 3. The molecule has 1 unspecified atom stereocenters. The SMILES string of the molecule is CCn1cc(CC(C)c2cc(C)ccc2O)nn1. The van der Waals surface area contributed by atoms with Gasteiger partial charge in [-0.1, -0.05) is 29.8 Å². The van der Waals surface area contributed by atoms with Gasteiger partial charge >= 0.3 is 0 Å². The summed E-state index contributed by atoms with van der Waals surface area (Å²) in [5, 5.41) is 18.1. The van der Waals surface area contributed by atoms with Gasteiger partial charge in [0.2, 0.25) is 0 Å². The topological polar surface area (TPSA) is 50.9 Å². The molecule has 4 heteroatoms. The summed E-state index contributed by atoms with van der Waals surface area (Å²) >= 11 is 0. The molecule has 0 aliphatic carbocycles. The summed E-state index contributed by atoms with van der Waals surface area (Å²) in [5.74, 6) is 0.586. The number of benzene rings is 1. The molecule has 0 aliphatic rings. The van der Waals surface area contributed by atoms with E-state index in [1.807, 2.05) is 36.9 Å². The van der Waals surface area contributed by atoms with Crippen LogP contribution in [0.5, 0.6) is 5.75 Å². The van der Waals surface area contributed by atoms with Crippen molar-refractivity contribution in [3.05, 3.63) is 41.2 Å². The average Bonchev–Trinajstić information content (AvgIpc) is 2.80. The van der Waals surface area contributed by atoms with Crippen LogP contribution in [-0.4, -0.2) is 20.1 Å². The van der Waals surface area contributed by atoms with Crippen LogP contribution in [0.3, 0.4) is 0 Å². The van der Waals surface area contributed by atoms with Crippen LogP contribution in [-0.2, 0) is 13.0 Å². The first-order valence-electron chi connectivity index (χ1n) is 6.28. The molecule has 4 nitrogen and oxygen atoms in total. The zero-order valence-corrected chi connectivity index (χ0v) is 11.1. The second kappa shape index (κ2) is 5.21. The highest BCUT2D eigenvalue weighted by molar-refractivity contribution is 5.38. The molecule has 0 bridgehead atoms. The average molecular weight is 245 g/mol. The minimum atomic E-state index is 0.229. The number of rotatable bonds is 4. The summed E-state index contributed by atoms with van der Waals surface area (Å²) in [6.45, 7) is 6.99. The van der Waals surface area contributed by atoms with Crippen molar-refractivity contribution < 1.29 is 5.11 Å². The summed E-state index contributed by atoms with van der Waals surface area (Å²) in [5.41, 5.74) is 3.10. The van der Waals surface area contributed by atoms with E-state index in [1.54, 1.807) is 6.07 Å². The third kappa shape index (κ3) is 2.70. The van der Waals surface area contributed by atoms with E-state index in [0.717, 1.165) is 29.8 Å². The van der Waals surface area contributed by atoms with Crippen molar-refractivity contribution in [3.63, 3.8) is 0 Å². The second-order valence-corrected chi connectivity index (χ2v) is 4.73. The lowest BCUT2D eigenvalue weighted by Crippen LogP contribution is -2.00. The van der Waals surface area contributed by atoms with Crippen LogP contribution in [0.25, 0.3) is 0 Å². The van der Waals surface area contributed by atoms with Crippen molar-refractivity contribution in [2.24, 2.45) is 0 Å². The number of aromatic hydroxyl groups is 1. The van der Waals surface area contributed by atoms with E-state index in [-0.39, 0.29) is 5.92 Å². The molecular weight excluding hydrogens is 226 g/mol. The Morgan fingerprint density at radius 3 is 2.83 bits per heavy atom. The third-order valence-corrected chi connectivity index (χ3v) is 3.14. The molecule has 0 saturated heterocycles. The van der Waals surface area contributed by atoms with Crippen LogP contribution in [0.1, 0.15) is 36.6 Å². The van der Waals surface area contributed by atoms with Gasteiger partial charge in [-0.2, -0.15) is 0 Å². The number of aryl methyl sites for hydroxylation is 2. The first-order valence-corrected chi connectivity index (χ1v) is 6.28. The van der Waals surface area contributed by atoms with Crippen LogP contribution in [0, 0.1) is 6.92 Å². The number of nitrogens with zero attached hydrogens (tertiary/aromatic N) is 3. The van der Waals surface area contributed by atoms with Crippen molar-refractivity contribution in [2.75, 3.05) is 0 Å². The summed E-state index contributed by atoms with van der Waals surface area (Å²) in [6.07, 6.45) is 2.75. The van der Waals surface area contributed by atoms with Crippen molar-refractivity contribution >= 4 is 0 Å². The predicted molar refractivity (Wildman–Crippen MR) is 70.7 cm³/mol. The van der Waals surface area contributed by atoms with Crippen molar-refractivity contribution in [1.29, 1.82) is 0 Å². The Kier molecular flexibility index (Phi) is 3.65. The zero-order chi connectivity index (χ0) is 13.1. The number of phenols is 1. The van der Waals surface area contributed by atoms with Crippen LogP contribution < -0.4 is 0 Å². The molecule has 1 aromatic heterocycles. The van der Waals surface area contributed by atoms with Gasteiger partial charge in [0, 0.05) is 12.7 Å². The van der Waals surface area contributed by atoms with E-state index < -0.39 is 0 Å². The van der Waals surface area contributed by atoms with Gasteiger partial charge < -0.3 is 5.11 Å². The van der Waals surface area contributed by atoms with Crippen LogP contribution >= 0.6 is 0 Å². The standard InChI is InChI=1S/C14H19N3O/c1-4-17-9-12(15-16-17)8-11(3)13-7-10(2)5-6-14(13)18/h5-7,9,11,18H,4,8H2,1-3H3. The summed E-state index contributed by atoms with van der Waals surface area (Å²) in [7, 11) is 0. The zero-order valence-electron chi connectivity index (χ0n) is 11.1. The summed E-state index contributed by atoms with van der Waals surface area (Å²) in [6, 6.07) is 5.70. The number of hydrogen-bond acceptors (Lipinski definition) is 3. The molecule has 2 rings (SSSR count). The van der Waals surface area contributed by atoms with Crippen LogP contribution in [0.4, 0.5) is 0 Å². The highest BCUT2D eigenvalue weighted by atomic mass is 16.3.